The number of hydrogen-bond acceptors (Lipinski definition) is 3. The molecular formula is C19H26N2O. The summed E-state index contributed by atoms with van der Waals surface area (Å²) in [6.45, 7) is 5.15. The van der Waals surface area contributed by atoms with Gasteiger partial charge in [-0.3, -0.25) is 4.90 Å². The molecule has 6 atom stereocenters. The highest BCUT2D eigenvalue weighted by Crippen LogP contribution is 2.61. The quantitative estimate of drug-likeness (QED) is 0.880. The van der Waals surface area contributed by atoms with Crippen LogP contribution < -0.4 is 5.32 Å². The lowest BCUT2D eigenvalue weighted by Crippen LogP contribution is -2.64. The number of aliphatic hydroxyl groups is 1. The number of nitrogens with zero attached hydrogens (tertiary/aromatic N) is 1. The molecule has 3 fully saturated rings. The van der Waals surface area contributed by atoms with Crippen LogP contribution in [0.3, 0.4) is 0 Å². The average Bonchev–Trinajstić information content (AvgIpc) is 3.11. The summed E-state index contributed by atoms with van der Waals surface area (Å²) in [6, 6.07) is 10.0. The highest BCUT2D eigenvalue weighted by Gasteiger charge is 2.65. The van der Waals surface area contributed by atoms with Crippen LogP contribution in [0.1, 0.15) is 31.7 Å². The van der Waals surface area contributed by atoms with Crippen LogP contribution >= 0.6 is 0 Å². The molecule has 3 aliphatic heterocycles. The van der Waals surface area contributed by atoms with E-state index in [-0.39, 0.29) is 5.41 Å². The number of piperidine rings is 1. The van der Waals surface area contributed by atoms with Crippen LogP contribution in [0.4, 0.5) is 5.69 Å². The zero-order chi connectivity index (χ0) is 14.9. The Balaban J connectivity index is 1.68. The van der Waals surface area contributed by atoms with Crippen molar-refractivity contribution in [1.29, 1.82) is 0 Å². The van der Waals surface area contributed by atoms with E-state index in [0.29, 0.717) is 30.5 Å². The van der Waals surface area contributed by atoms with Crippen LogP contribution in [0, 0.1) is 17.8 Å². The van der Waals surface area contributed by atoms with Crippen molar-refractivity contribution in [3.63, 3.8) is 0 Å². The van der Waals surface area contributed by atoms with Gasteiger partial charge in [-0.25, -0.2) is 0 Å². The Morgan fingerprint density at radius 1 is 1.36 bits per heavy atom. The SMILES string of the molecule is CCC1CN2CCC34c5ccccc5NC3C(CO)C1CC24. The number of nitrogens with one attached hydrogen (secondary N) is 1. The number of para-hydroxylation sites is 1. The first-order valence-electron chi connectivity index (χ1n) is 9.00. The second-order valence-electron chi connectivity index (χ2n) is 7.88. The number of aliphatic hydroxyl groups excluding tert-OH is 1. The maximum atomic E-state index is 10.2. The Morgan fingerprint density at radius 3 is 3.05 bits per heavy atom. The van der Waals surface area contributed by atoms with Crippen molar-refractivity contribution >= 4 is 5.69 Å². The molecule has 0 radical (unpaired) electrons. The van der Waals surface area contributed by atoms with Gasteiger partial charge in [0, 0.05) is 42.3 Å². The van der Waals surface area contributed by atoms with Crippen molar-refractivity contribution in [2.45, 2.75) is 43.7 Å². The third-order valence-corrected chi connectivity index (χ3v) is 7.43. The van der Waals surface area contributed by atoms with Gasteiger partial charge in [-0.2, -0.15) is 0 Å². The smallest absolute Gasteiger partial charge is 0.0481 e. The fourth-order valence-corrected chi connectivity index (χ4v) is 6.53. The lowest BCUT2D eigenvalue weighted by Gasteiger charge is -2.56. The van der Waals surface area contributed by atoms with Crippen molar-refractivity contribution in [2.24, 2.45) is 17.8 Å². The minimum absolute atomic E-state index is 0.249. The molecule has 22 heavy (non-hydrogen) atoms. The normalized spacial score (nSPS) is 45.3. The van der Waals surface area contributed by atoms with E-state index in [2.05, 4.69) is 41.4 Å². The summed E-state index contributed by atoms with van der Waals surface area (Å²) in [4.78, 5) is 2.77. The van der Waals surface area contributed by atoms with Gasteiger partial charge in [0.25, 0.3) is 0 Å². The summed E-state index contributed by atoms with van der Waals surface area (Å²) < 4.78 is 0. The maximum absolute atomic E-state index is 10.2. The Kier molecular flexibility index (Phi) is 2.73. The molecular weight excluding hydrogens is 272 g/mol. The molecule has 1 aliphatic carbocycles. The minimum Gasteiger partial charge on any atom is -0.396 e. The molecule has 1 spiro atoms. The largest absolute Gasteiger partial charge is 0.396 e. The minimum atomic E-state index is 0.249. The molecule has 0 amide bonds. The first-order valence-corrected chi connectivity index (χ1v) is 9.00. The number of fused-ring (bicyclic) bond motifs is 2. The van der Waals surface area contributed by atoms with Crippen LogP contribution in [0.2, 0.25) is 0 Å². The van der Waals surface area contributed by atoms with Crippen molar-refractivity contribution in [1.82, 2.24) is 4.90 Å². The molecule has 1 aromatic rings. The van der Waals surface area contributed by atoms with E-state index in [1.165, 1.54) is 43.6 Å². The molecule has 2 bridgehead atoms. The Hall–Kier alpha value is -1.06. The Morgan fingerprint density at radius 2 is 2.23 bits per heavy atom. The second-order valence-corrected chi connectivity index (χ2v) is 7.88. The van der Waals surface area contributed by atoms with Gasteiger partial charge < -0.3 is 10.4 Å². The Bertz CT molecular complexity index is 603. The van der Waals surface area contributed by atoms with E-state index in [9.17, 15) is 5.11 Å². The van der Waals surface area contributed by atoms with Gasteiger partial charge in [0.05, 0.1) is 0 Å². The third-order valence-electron chi connectivity index (χ3n) is 7.43. The molecule has 118 valence electrons. The molecule has 2 N–H and O–H groups in total. The zero-order valence-electron chi connectivity index (χ0n) is 13.3. The van der Waals surface area contributed by atoms with Gasteiger partial charge in [0.2, 0.25) is 0 Å². The van der Waals surface area contributed by atoms with Crippen LogP contribution in [-0.4, -0.2) is 41.8 Å². The summed E-state index contributed by atoms with van der Waals surface area (Å²) in [5.74, 6) is 1.86. The van der Waals surface area contributed by atoms with Gasteiger partial charge >= 0.3 is 0 Å². The monoisotopic (exact) mass is 298 g/mol. The van der Waals surface area contributed by atoms with E-state index >= 15 is 0 Å². The van der Waals surface area contributed by atoms with Gasteiger partial charge in [0.15, 0.2) is 0 Å². The van der Waals surface area contributed by atoms with Crippen LogP contribution in [0.15, 0.2) is 24.3 Å². The molecule has 0 aromatic heterocycles. The van der Waals surface area contributed by atoms with Crippen LogP contribution in [0.25, 0.3) is 0 Å². The molecule has 3 heterocycles. The van der Waals surface area contributed by atoms with Gasteiger partial charge in [-0.05, 0) is 42.9 Å². The van der Waals surface area contributed by atoms with Gasteiger partial charge in [0.1, 0.15) is 0 Å². The number of hydrogen-bond donors (Lipinski definition) is 2. The predicted molar refractivity (Wildman–Crippen MR) is 88.0 cm³/mol. The fraction of sp³-hybridized carbons (Fsp3) is 0.684. The molecule has 6 unspecified atom stereocenters. The van der Waals surface area contributed by atoms with Crippen molar-refractivity contribution in [3.8, 4) is 0 Å². The molecule has 4 aliphatic rings. The molecule has 3 heteroatoms. The summed E-state index contributed by atoms with van der Waals surface area (Å²) in [6.07, 6.45) is 3.79. The number of benzene rings is 1. The lowest BCUT2D eigenvalue weighted by atomic mass is 9.54. The summed E-state index contributed by atoms with van der Waals surface area (Å²) in [5, 5.41) is 14.1. The fourth-order valence-electron chi connectivity index (χ4n) is 6.53. The maximum Gasteiger partial charge on any atom is 0.0481 e. The molecule has 1 saturated carbocycles. The van der Waals surface area contributed by atoms with Crippen LogP contribution in [0.5, 0.6) is 0 Å². The molecule has 1 aromatic carbocycles. The summed E-state index contributed by atoms with van der Waals surface area (Å²) in [7, 11) is 0. The van der Waals surface area contributed by atoms with Crippen LogP contribution in [-0.2, 0) is 5.41 Å². The van der Waals surface area contributed by atoms with E-state index < -0.39 is 0 Å². The average molecular weight is 298 g/mol. The second kappa shape index (κ2) is 4.48. The highest BCUT2D eigenvalue weighted by atomic mass is 16.3. The Labute approximate surface area is 132 Å². The van der Waals surface area contributed by atoms with E-state index in [4.69, 9.17) is 0 Å². The standard InChI is InChI=1S/C19H26N2O/c1-2-12-10-21-8-7-19-15-5-3-4-6-16(15)20-18(19)14(11-22)13(12)9-17(19)21/h3-6,12-14,17-18,20,22H,2,7-11H2,1H3. The number of anilines is 1. The molecule has 2 saturated heterocycles. The van der Waals surface area contributed by atoms with Crippen molar-refractivity contribution in [3.05, 3.63) is 29.8 Å². The summed E-state index contributed by atoms with van der Waals surface area (Å²) in [5.41, 5.74) is 3.10. The topological polar surface area (TPSA) is 35.5 Å². The predicted octanol–water partition coefficient (Wildman–Crippen LogP) is 2.46. The van der Waals surface area contributed by atoms with E-state index in [1.807, 2.05) is 0 Å². The van der Waals surface area contributed by atoms with E-state index in [0.717, 1.165) is 5.92 Å². The first kappa shape index (κ1) is 13.4. The zero-order valence-corrected chi connectivity index (χ0v) is 13.3. The number of rotatable bonds is 2. The lowest BCUT2D eigenvalue weighted by molar-refractivity contribution is -0.0363. The van der Waals surface area contributed by atoms with E-state index in [1.54, 1.807) is 0 Å². The van der Waals surface area contributed by atoms with Gasteiger partial charge in [-0.1, -0.05) is 31.5 Å². The van der Waals surface area contributed by atoms with Crippen molar-refractivity contribution in [2.75, 3.05) is 25.0 Å². The molecule has 5 rings (SSSR count). The highest BCUT2D eigenvalue weighted by molar-refractivity contribution is 5.64. The van der Waals surface area contributed by atoms with Gasteiger partial charge in [-0.15, -0.1) is 0 Å². The first-order chi connectivity index (χ1) is 10.8. The molecule has 3 nitrogen and oxygen atoms in total. The third kappa shape index (κ3) is 1.40. The summed E-state index contributed by atoms with van der Waals surface area (Å²) >= 11 is 0. The van der Waals surface area contributed by atoms with Crippen molar-refractivity contribution < 1.29 is 5.11 Å².